The lowest BCUT2D eigenvalue weighted by molar-refractivity contribution is -0.126. The quantitative estimate of drug-likeness (QED) is 0.431. The van der Waals surface area contributed by atoms with Crippen LogP contribution < -0.4 is 30.3 Å². The normalized spacial score (nSPS) is 18.9. The molecule has 2 aromatic carbocycles. The molecular weight excluding hydrogens is 501 g/mol. The summed E-state index contributed by atoms with van der Waals surface area (Å²) >= 11 is 4.77. The van der Waals surface area contributed by atoms with Crippen LogP contribution in [-0.4, -0.2) is 74.2 Å². The number of ether oxygens (including phenoxy) is 3. The number of nitrogens with zero attached hydrogens (tertiary/aromatic N) is 3. The molecule has 3 N–H and O–H groups in total. The molecule has 0 radical (unpaired) electrons. The number of fused-ring (bicyclic) bond motifs is 1. The van der Waals surface area contributed by atoms with Crippen molar-refractivity contribution in [2.45, 2.75) is 6.10 Å². The first-order valence-electron chi connectivity index (χ1n) is 11.8. The number of piperazine rings is 1. The van der Waals surface area contributed by atoms with E-state index in [4.69, 9.17) is 32.2 Å². The van der Waals surface area contributed by atoms with E-state index in [0.29, 0.717) is 49.1 Å². The average molecular weight is 528 g/mol. The Morgan fingerprint density at radius 1 is 1.14 bits per heavy atom. The third-order valence-corrected chi connectivity index (χ3v) is 6.51. The summed E-state index contributed by atoms with van der Waals surface area (Å²) in [5.41, 5.74) is 7.09. The monoisotopic (exact) mass is 527 g/mol. The third kappa shape index (κ3) is 5.53. The lowest BCUT2D eigenvalue weighted by Crippen LogP contribution is -2.48. The fraction of sp³-hybridized carbons (Fsp3) is 0.320. The number of nitrogens with one attached hydrogen (secondary N) is 1. The molecule has 10 nitrogen and oxygen atoms in total. The van der Waals surface area contributed by atoms with Gasteiger partial charge in [-0.3, -0.25) is 9.69 Å². The summed E-state index contributed by atoms with van der Waals surface area (Å²) in [4.78, 5) is 29.9. The molecule has 2 fully saturated rings. The first-order valence-corrected chi connectivity index (χ1v) is 12.2. The highest BCUT2D eigenvalue weighted by Gasteiger charge is 2.33. The van der Waals surface area contributed by atoms with Crippen molar-refractivity contribution in [2.75, 3.05) is 55.9 Å². The first kappa shape index (κ1) is 24.6. The maximum Gasteiger partial charge on any atom is 0.414 e. The van der Waals surface area contributed by atoms with Gasteiger partial charge in [-0.2, -0.15) is 0 Å². The van der Waals surface area contributed by atoms with Crippen LogP contribution in [0, 0.1) is 5.82 Å². The molecule has 5 rings (SSSR count). The fourth-order valence-electron chi connectivity index (χ4n) is 4.43. The number of halogens is 1. The molecule has 3 heterocycles. The second kappa shape index (κ2) is 10.5. The molecule has 12 heteroatoms. The van der Waals surface area contributed by atoms with Crippen molar-refractivity contribution < 1.29 is 28.2 Å². The maximum atomic E-state index is 15.0. The Hall–Kier alpha value is -4.06. The first-order chi connectivity index (χ1) is 17.9. The predicted octanol–water partition coefficient (Wildman–Crippen LogP) is 2.07. The Morgan fingerprint density at radius 3 is 2.68 bits per heavy atom. The topological polar surface area (TPSA) is 110 Å². The van der Waals surface area contributed by atoms with Crippen molar-refractivity contribution in [3.63, 3.8) is 0 Å². The second-order valence-corrected chi connectivity index (χ2v) is 9.20. The largest absolute Gasteiger partial charge is 0.454 e. The number of nitrogens with two attached hydrogens (primary N) is 1. The van der Waals surface area contributed by atoms with E-state index >= 15 is 4.39 Å². The molecule has 0 unspecified atom stereocenters. The number of rotatable bonds is 6. The van der Waals surface area contributed by atoms with Crippen LogP contribution in [0.1, 0.15) is 5.56 Å². The second-order valence-electron chi connectivity index (χ2n) is 8.76. The summed E-state index contributed by atoms with van der Waals surface area (Å²) in [6.07, 6.45) is 2.27. The number of benzene rings is 2. The number of thiocarbonyl (C=S) groups is 1. The van der Waals surface area contributed by atoms with Gasteiger partial charge in [0.05, 0.1) is 24.5 Å². The van der Waals surface area contributed by atoms with Crippen LogP contribution in [0.15, 0.2) is 42.5 Å². The lowest BCUT2D eigenvalue weighted by atomic mass is 10.1. The van der Waals surface area contributed by atoms with Gasteiger partial charge in [0, 0.05) is 32.3 Å². The van der Waals surface area contributed by atoms with Gasteiger partial charge in [0.15, 0.2) is 16.6 Å². The van der Waals surface area contributed by atoms with Crippen molar-refractivity contribution in [1.29, 1.82) is 0 Å². The zero-order chi connectivity index (χ0) is 25.9. The summed E-state index contributed by atoms with van der Waals surface area (Å²) in [5.74, 6) is 0.790. The smallest absolute Gasteiger partial charge is 0.414 e. The van der Waals surface area contributed by atoms with Crippen LogP contribution in [0.4, 0.5) is 20.6 Å². The standard InChI is InChI=1S/C25H26FN5O5S/c26-19-12-17(31-14-18(36-25(31)33)13-28-24(27)37)3-4-20(19)29-7-9-30(10-8-29)23(32)6-2-16-1-5-21-22(11-16)35-15-34-21/h1-6,11-12,18H,7-10,13-15H2,(H3,27,28,37)/t18-/m0/s1. The van der Waals surface area contributed by atoms with Gasteiger partial charge in [0.2, 0.25) is 12.7 Å². The molecule has 2 saturated heterocycles. The summed E-state index contributed by atoms with van der Waals surface area (Å²) in [6.45, 7) is 2.63. The SMILES string of the molecule is NC(=S)NC[C@H]1CN(c2ccc(N3CCN(C(=O)C=Cc4ccc5c(c4)OCO5)CC3)c(F)c2)C(=O)O1. The van der Waals surface area contributed by atoms with E-state index in [0.717, 1.165) is 5.56 Å². The van der Waals surface area contributed by atoms with E-state index in [9.17, 15) is 9.59 Å². The van der Waals surface area contributed by atoms with Crippen LogP contribution in [0.5, 0.6) is 11.5 Å². The average Bonchev–Trinajstić information content (AvgIpc) is 3.52. The van der Waals surface area contributed by atoms with Gasteiger partial charge in [0.25, 0.3) is 0 Å². The van der Waals surface area contributed by atoms with E-state index in [2.05, 4.69) is 5.32 Å². The van der Waals surface area contributed by atoms with Crippen LogP contribution >= 0.6 is 12.2 Å². The highest BCUT2D eigenvalue weighted by Crippen LogP contribution is 2.33. The minimum absolute atomic E-state index is 0.111. The number of cyclic esters (lactones) is 1. The van der Waals surface area contributed by atoms with Gasteiger partial charge < -0.3 is 35.1 Å². The van der Waals surface area contributed by atoms with Crippen LogP contribution in [0.3, 0.4) is 0 Å². The highest BCUT2D eigenvalue weighted by atomic mass is 32.1. The molecule has 2 aromatic rings. The molecular formula is C25H26FN5O5S. The maximum absolute atomic E-state index is 15.0. The molecule has 194 valence electrons. The zero-order valence-electron chi connectivity index (χ0n) is 19.9. The predicted molar refractivity (Wildman–Crippen MR) is 139 cm³/mol. The van der Waals surface area contributed by atoms with Crippen LogP contribution in [-0.2, 0) is 9.53 Å². The summed E-state index contributed by atoms with van der Waals surface area (Å²) < 4.78 is 31.0. The fourth-order valence-corrected chi connectivity index (χ4v) is 4.51. The molecule has 2 amide bonds. The zero-order valence-corrected chi connectivity index (χ0v) is 20.7. The van der Waals surface area contributed by atoms with Crippen molar-refractivity contribution in [3.8, 4) is 11.5 Å². The van der Waals surface area contributed by atoms with Gasteiger partial charge in [-0.15, -0.1) is 0 Å². The molecule has 0 aromatic heterocycles. The van der Waals surface area contributed by atoms with E-state index in [1.165, 1.54) is 17.0 Å². The lowest BCUT2D eigenvalue weighted by Gasteiger charge is -2.36. The van der Waals surface area contributed by atoms with Crippen LogP contribution in [0.25, 0.3) is 6.08 Å². The van der Waals surface area contributed by atoms with Gasteiger partial charge in [-0.1, -0.05) is 6.07 Å². The van der Waals surface area contributed by atoms with E-state index in [1.807, 2.05) is 23.1 Å². The Labute approximate surface area is 218 Å². The van der Waals surface area contributed by atoms with Gasteiger partial charge in [-0.05, 0) is 54.2 Å². The third-order valence-electron chi connectivity index (χ3n) is 6.37. The van der Waals surface area contributed by atoms with E-state index in [-0.39, 0.29) is 30.9 Å². The van der Waals surface area contributed by atoms with Crippen molar-refractivity contribution in [3.05, 3.63) is 53.9 Å². The molecule has 37 heavy (non-hydrogen) atoms. The summed E-state index contributed by atoms with van der Waals surface area (Å²) in [6, 6.07) is 10.2. The van der Waals surface area contributed by atoms with E-state index in [1.54, 1.807) is 23.1 Å². The highest BCUT2D eigenvalue weighted by molar-refractivity contribution is 7.80. The molecule has 0 spiro atoms. The number of amides is 2. The van der Waals surface area contributed by atoms with Gasteiger partial charge >= 0.3 is 6.09 Å². The summed E-state index contributed by atoms with van der Waals surface area (Å²) in [5, 5.41) is 2.88. The molecule has 3 aliphatic rings. The van der Waals surface area contributed by atoms with Gasteiger partial charge in [-0.25, -0.2) is 9.18 Å². The molecule has 0 bridgehead atoms. The number of anilines is 2. The molecule has 1 atom stereocenters. The minimum Gasteiger partial charge on any atom is -0.454 e. The van der Waals surface area contributed by atoms with Crippen molar-refractivity contribution >= 4 is 46.8 Å². The molecule has 3 aliphatic heterocycles. The number of hydrogen-bond acceptors (Lipinski definition) is 7. The Morgan fingerprint density at radius 2 is 1.92 bits per heavy atom. The number of carbonyl (C=O) groups is 2. The number of hydrogen-bond donors (Lipinski definition) is 2. The van der Waals surface area contributed by atoms with Crippen LogP contribution in [0.2, 0.25) is 0 Å². The van der Waals surface area contributed by atoms with Crippen molar-refractivity contribution in [1.82, 2.24) is 10.2 Å². The minimum atomic E-state index is -0.553. The molecule has 0 saturated carbocycles. The van der Waals surface area contributed by atoms with E-state index < -0.39 is 18.0 Å². The Kier molecular flexibility index (Phi) is 6.99. The Balaban J connectivity index is 1.15. The van der Waals surface area contributed by atoms with Gasteiger partial charge in [0.1, 0.15) is 11.9 Å². The summed E-state index contributed by atoms with van der Waals surface area (Å²) in [7, 11) is 0. The molecule has 0 aliphatic carbocycles. The Bertz CT molecular complexity index is 1250. The van der Waals surface area contributed by atoms with Crippen molar-refractivity contribution in [2.24, 2.45) is 5.73 Å². The number of carbonyl (C=O) groups excluding carboxylic acids is 2.